The van der Waals surface area contributed by atoms with E-state index in [1.807, 2.05) is 13.8 Å². The minimum atomic E-state index is -1.05. The van der Waals surface area contributed by atoms with Crippen LogP contribution in [-0.2, 0) is 9.59 Å². The van der Waals surface area contributed by atoms with Gasteiger partial charge >= 0.3 is 0 Å². The van der Waals surface area contributed by atoms with Crippen molar-refractivity contribution in [2.75, 3.05) is 29.9 Å². The number of fused-ring (bicyclic) bond motifs is 5. The summed E-state index contributed by atoms with van der Waals surface area (Å²) < 4.78 is 34.6. The third-order valence-corrected chi connectivity index (χ3v) is 8.83. The first-order valence-corrected chi connectivity index (χ1v) is 14.7. The summed E-state index contributed by atoms with van der Waals surface area (Å²) in [5.74, 6) is -3.29. The van der Waals surface area contributed by atoms with E-state index in [0.717, 1.165) is 6.07 Å². The molecule has 2 aliphatic rings. The van der Waals surface area contributed by atoms with E-state index in [4.69, 9.17) is 0 Å². The van der Waals surface area contributed by atoms with Crippen molar-refractivity contribution in [2.24, 2.45) is 0 Å². The van der Waals surface area contributed by atoms with Gasteiger partial charge in [0.1, 0.15) is 23.3 Å². The first-order valence-electron chi connectivity index (χ1n) is 14.7. The maximum Gasteiger partial charge on any atom is 0.281 e. The quantitative estimate of drug-likeness (QED) is 0.324. The number of nitrogens with zero attached hydrogens (tertiary/aromatic N) is 5. The van der Waals surface area contributed by atoms with E-state index in [1.54, 1.807) is 43.1 Å². The van der Waals surface area contributed by atoms with E-state index < -0.39 is 40.7 Å². The third-order valence-electron chi connectivity index (χ3n) is 8.83. The Balaban J connectivity index is 1.79. The van der Waals surface area contributed by atoms with Crippen molar-refractivity contribution in [1.82, 2.24) is 14.5 Å². The molecular formula is C34H33F2N5O4. The number of amides is 2. The maximum atomic E-state index is 17.2. The molecule has 2 atom stereocenters. The zero-order valence-electron chi connectivity index (χ0n) is 25.6. The second-order valence-electron chi connectivity index (χ2n) is 11.9. The van der Waals surface area contributed by atoms with E-state index in [2.05, 4.69) is 11.6 Å². The van der Waals surface area contributed by atoms with Crippen LogP contribution in [0.5, 0.6) is 5.75 Å². The maximum absolute atomic E-state index is 17.2. The van der Waals surface area contributed by atoms with E-state index in [1.165, 1.54) is 39.6 Å². The molecule has 4 aromatic rings. The van der Waals surface area contributed by atoms with Gasteiger partial charge in [-0.2, -0.15) is 0 Å². The van der Waals surface area contributed by atoms with Gasteiger partial charge in [-0.3, -0.25) is 23.9 Å². The largest absolute Gasteiger partial charge is 0.507 e. The summed E-state index contributed by atoms with van der Waals surface area (Å²) in [6, 6.07) is 7.37. The van der Waals surface area contributed by atoms with Crippen molar-refractivity contribution < 1.29 is 23.5 Å². The van der Waals surface area contributed by atoms with Gasteiger partial charge in [-0.25, -0.2) is 8.78 Å². The topological polar surface area (TPSA) is 99.0 Å². The van der Waals surface area contributed by atoms with Crippen molar-refractivity contribution in [3.8, 4) is 22.6 Å². The molecule has 9 nitrogen and oxygen atoms in total. The van der Waals surface area contributed by atoms with Gasteiger partial charge in [-0.1, -0.05) is 38.6 Å². The zero-order valence-corrected chi connectivity index (χ0v) is 25.6. The number of anilines is 2. The average molecular weight is 614 g/mol. The lowest BCUT2D eigenvalue weighted by Gasteiger charge is -2.50. The number of piperazine rings is 1. The molecule has 2 aliphatic heterocycles. The summed E-state index contributed by atoms with van der Waals surface area (Å²) in [5.41, 5.74) is 0.164. The number of halogens is 2. The lowest BCUT2D eigenvalue weighted by atomic mass is 9.95. The van der Waals surface area contributed by atoms with Gasteiger partial charge in [0.25, 0.3) is 11.5 Å². The number of phenols is 1. The Labute approximate surface area is 258 Å². The number of likely N-dealkylation sites (N-methyl/N-ethyl adjacent to an activating group) is 1. The fraction of sp³-hybridized carbons (Fsp3) is 0.294. The molecule has 45 heavy (non-hydrogen) atoms. The SMILES string of the molecule is C=CC(=O)N1C[C@@H]2C(=O)N(C)c3c(c4cc(F)c(-c5ccccc5O)c(F)c4n(-c4c(C)ccnc4C(C)C)c3=O)N2C[C@H]1C. The number of carbonyl (C=O) groups is 2. The Morgan fingerprint density at radius 2 is 1.82 bits per heavy atom. The van der Waals surface area contributed by atoms with Crippen LogP contribution in [0.15, 0.2) is 60.0 Å². The molecule has 0 saturated carbocycles. The number of rotatable bonds is 4. The summed E-state index contributed by atoms with van der Waals surface area (Å²) in [6.07, 6.45) is 2.79. The van der Waals surface area contributed by atoms with E-state index in [-0.39, 0.29) is 58.5 Å². The molecule has 2 aromatic carbocycles. The molecule has 0 aliphatic carbocycles. The zero-order chi connectivity index (χ0) is 32.5. The lowest BCUT2D eigenvalue weighted by molar-refractivity contribution is -0.130. The Morgan fingerprint density at radius 3 is 2.49 bits per heavy atom. The van der Waals surface area contributed by atoms with Crippen LogP contribution in [0.1, 0.15) is 37.9 Å². The van der Waals surface area contributed by atoms with Crippen molar-refractivity contribution in [2.45, 2.75) is 45.7 Å². The summed E-state index contributed by atoms with van der Waals surface area (Å²) in [4.78, 5) is 50.2. The Bertz CT molecular complexity index is 1990. The molecule has 232 valence electrons. The van der Waals surface area contributed by atoms with Crippen LogP contribution in [0.4, 0.5) is 20.2 Å². The molecule has 4 heterocycles. The van der Waals surface area contributed by atoms with E-state index in [9.17, 15) is 19.5 Å². The number of aromatic hydroxyl groups is 1. The molecular weight excluding hydrogens is 580 g/mol. The molecule has 1 fully saturated rings. The molecule has 1 N–H and O–H groups in total. The number of hydrogen-bond acceptors (Lipinski definition) is 6. The van der Waals surface area contributed by atoms with Gasteiger partial charge in [0.05, 0.1) is 34.7 Å². The number of carbonyl (C=O) groups excluding carboxylic acids is 2. The number of pyridine rings is 2. The van der Waals surface area contributed by atoms with E-state index in [0.29, 0.717) is 16.9 Å². The van der Waals surface area contributed by atoms with Gasteiger partial charge in [0.2, 0.25) is 5.91 Å². The first-order chi connectivity index (χ1) is 21.4. The number of aryl methyl sites for hydroxylation is 1. The third kappa shape index (κ3) is 4.40. The highest BCUT2D eigenvalue weighted by atomic mass is 19.1. The predicted molar refractivity (Wildman–Crippen MR) is 169 cm³/mol. The molecule has 0 radical (unpaired) electrons. The molecule has 11 heteroatoms. The molecule has 1 saturated heterocycles. The molecule has 0 bridgehead atoms. The second kappa shape index (κ2) is 10.8. The minimum Gasteiger partial charge on any atom is -0.507 e. The lowest BCUT2D eigenvalue weighted by Crippen LogP contribution is -2.66. The fourth-order valence-corrected chi connectivity index (χ4v) is 6.66. The van der Waals surface area contributed by atoms with Crippen molar-refractivity contribution >= 4 is 34.1 Å². The van der Waals surface area contributed by atoms with Crippen LogP contribution >= 0.6 is 0 Å². The Hall–Kier alpha value is -5.06. The number of benzene rings is 2. The first kappa shape index (κ1) is 30.0. The standard InChI is InChI=1S/C34H33F2N5O4/c1-7-25(43)39-16-23-33(44)38(6)32-31(40(23)15-19(39)5)21-14-22(35)26(20-10-8-9-11-24(20)42)27(36)30(21)41(34(32)45)29-18(4)12-13-37-28(29)17(2)3/h7-14,17,19,23,42H,1,15-16H2,2-6H3/t19-,23-/m1/s1. The highest BCUT2D eigenvalue weighted by Crippen LogP contribution is 2.45. The number of para-hydroxylation sites is 1. The smallest absolute Gasteiger partial charge is 0.281 e. The van der Waals surface area contributed by atoms with E-state index >= 15 is 8.78 Å². The monoisotopic (exact) mass is 613 g/mol. The van der Waals surface area contributed by atoms with Crippen molar-refractivity contribution in [1.29, 1.82) is 0 Å². The second-order valence-corrected chi connectivity index (χ2v) is 11.9. The van der Waals surface area contributed by atoms with Gasteiger partial charge < -0.3 is 19.8 Å². The van der Waals surface area contributed by atoms with Crippen LogP contribution in [0.3, 0.4) is 0 Å². The van der Waals surface area contributed by atoms with Crippen LogP contribution in [0.2, 0.25) is 0 Å². The molecule has 2 amide bonds. The summed E-state index contributed by atoms with van der Waals surface area (Å²) >= 11 is 0. The molecule has 2 aromatic heterocycles. The highest BCUT2D eigenvalue weighted by Gasteiger charge is 2.46. The normalized spacial score (nSPS) is 18.0. The highest BCUT2D eigenvalue weighted by molar-refractivity contribution is 6.13. The van der Waals surface area contributed by atoms with Crippen LogP contribution in [0.25, 0.3) is 27.7 Å². The fourth-order valence-electron chi connectivity index (χ4n) is 6.66. The van der Waals surface area contributed by atoms with Crippen molar-refractivity contribution in [3.05, 3.63) is 88.5 Å². The molecule has 6 rings (SSSR count). The van der Waals surface area contributed by atoms with Crippen LogP contribution in [0, 0.1) is 18.6 Å². The van der Waals surface area contributed by atoms with Gasteiger partial charge in [-0.15, -0.1) is 0 Å². The van der Waals surface area contributed by atoms with Crippen molar-refractivity contribution in [3.63, 3.8) is 0 Å². The predicted octanol–water partition coefficient (Wildman–Crippen LogP) is 5.04. The summed E-state index contributed by atoms with van der Waals surface area (Å²) in [7, 11) is 1.45. The van der Waals surface area contributed by atoms with Gasteiger partial charge in [0, 0.05) is 36.8 Å². The van der Waals surface area contributed by atoms with Crippen LogP contribution in [-0.4, -0.2) is 63.6 Å². The van der Waals surface area contributed by atoms with Gasteiger partial charge in [-0.05, 0) is 49.6 Å². The van der Waals surface area contributed by atoms with Gasteiger partial charge in [0.15, 0.2) is 5.82 Å². The average Bonchev–Trinajstić information content (AvgIpc) is 3.00. The molecule has 0 unspecified atom stereocenters. The number of aromatic nitrogens is 2. The minimum absolute atomic E-state index is 0.000637. The molecule has 0 spiro atoms. The number of phenolic OH excluding ortho intramolecular Hbond substituents is 1. The number of hydrogen-bond donors (Lipinski definition) is 1. The summed E-state index contributed by atoms with van der Waals surface area (Å²) in [5, 5.41) is 10.7. The van der Waals surface area contributed by atoms with Crippen LogP contribution < -0.4 is 15.4 Å². The summed E-state index contributed by atoms with van der Waals surface area (Å²) in [6.45, 7) is 11.1. The Morgan fingerprint density at radius 1 is 1.11 bits per heavy atom. The Kier molecular flexibility index (Phi) is 7.22.